The summed E-state index contributed by atoms with van der Waals surface area (Å²) in [6.07, 6.45) is -20.0. The molecule has 0 heterocycles. The fourth-order valence-electron chi connectivity index (χ4n) is 13.5. The number of hydrogen-bond acceptors (Lipinski definition) is 21. The largest absolute Gasteiger partial charge is 0.536 e. The van der Waals surface area contributed by atoms with Gasteiger partial charge < -0.3 is 0 Å². The van der Waals surface area contributed by atoms with Gasteiger partial charge in [0.1, 0.15) is 31.0 Å². The third-order valence-electron chi connectivity index (χ3n) is 20.7. The third-order valence-corrected chi connectivity index (χ3v) is 26.0. The normalized spacial score (nSPS) is 12.9. The van der Waals surface area contributed by atoms with Crippen molar-refractivity contribution in [2.75, 3.05) is 0 Å². The van der Waals surface area contributed by atoms with Crippen LogP contribution in [0, 0.1) is 48.5 Å². The Labute approximate surface area is 792 Å². The molecule has 0 unspecified atom stereocenters. The number of carbonyl (C=O) groups excluding carboxylic acids is 1. The summed E-state index contributed by atoms with van der Waals surface area (Å²) in [6.45, 7) is 14.1. The van der Waals surface area contributed by atoms with Crippen molar-refractivity contribution in [1.82, 2.24) is 0 Å². The van der Waals surface area contributed by atoms with Gasteiger partial charge in [0.05, 0.1) is 5.56 Å². The van der Waals surface area contributed by atoms with Crippen molar-refractivity contribution >= 4 is 139 Å². The number of ketones is 1. The maximum absolute atomic E-state index is 13.7. The van der Waals surface area contributed by atoms with Crippen LogP contribution in [-0.2, 0) is 78.2 Å². The Kier molecular flexibility index (Phi) is 32.6. The molecule has 15 aromatic rings. The van der Waals surface area contributed by atoms with Crippen molar-refractivity contribution in [3.8, 4) is 0 Å². The number of fused-ring (bicyclic) bond motifs is 5. The summed E-state index contributed by atoms with van der Waals surface area (Å²) in [5, 5.41) is 21.6. The van der Waals surface area contributed by atoms with Crippen LogP contribution in [0.25, 0.3) is 53.9 Å². The lowest BCUT2D eigenvalue weighted by atomic mass is 9.94. The summed E-state index contributed by atoms with van der Waals surface area (Å²) >= 11 is 0. The van der Waals surface area contributed by atoms with E-state index in [9.17, 15) is 113 Å². The topological polar surface area (TPSA) is 296 Å². The van der Waals surface area contributed by atoms with Gasteiger partial charge in [0, 0.05) is 33.4 Å². The number of carbonyl (C=O) groups is 1. The summed E-state index contributed by atoms with van der Waals surface area (Å²) in [5.41, 5.74) is -4.85. The minimum atomic E-state index is -6.31. The molecule has 41 heteroatoms. The molecule has 0 aliphatic carbocycles. The SMILES string of the molecule is C/C(=N\OS(=O)(=O)c1ccc(C)cc1)C(=O)c1cccc2ccccc12.Cc1ccc(/C(=N\OS(=O)(=O)C(F)(F)F)C(F)(F)F)c2ccccc12.Cc1ccc(/C(=N\OS(=O)(=O)c2ccc(C(F)(F)F)cc2)C(F)(F)F)c2ccccc12.Cc1ccc(S(=O)(=O)O/N=C(\c2ccc(C)c3ccccc23)C(F)(F)F)cc1.Cc1ccc(S(=O)(=O)O/N=C(\c2ccccc2)c2ccc(C)c3ccccc23)cc1. The van der Waals surface area contributed by atoms with Gasteiger partial charge in [0.25, 0.3) is 0 Å². The van der Waals surface area contributed by atoms with Crippen molar-refractivity contribution in [2.24, 2.45) is 25.8 Å². The number of halogens is 15. The fourth-order valence-corrected chi connectivity index (χ4v) is 16.7. The fraction of sp³-hybridized carbons (Fsp3) is 0.131. The molecule has 15 aromatic carbocycles. The Bertz CT molecular complexity index is 7930. The van der Waals surface area contributed by atoms with E-state index < -0.39 is 120 Å². The highest BCUT2D eigenvalue weighted by molar-refractivity contribution is 7.88. The zero-order valence-electron chi connectivity index (χ0n) is 74.0. The van der Waals surface area contributed by atoms with E-state index in [1.807, 2.05) is 118 Å². The van der Waals surface area contributed by atoms with Crippen LogP contribution in [-0.4, -0.2) is 100 Å². The molecule has 0 saturated carbocycles. The Balaban J connectivity index is 0.000000168. The molecule has 0 radical (unpaired) electrons. The van der Waals surface area contributed by atoms with E-state index in [0.29, 0.717) is 68.2 Å². The number of rotatable bonds is 21. The minimum Gasteiger partial charge on any atom is -0.287 e. The smallest absolute Gasteiger partial charge is 0.287 e. The van der Waals surface area contributed by atoms with Crippen LogP contribution in [0.2, 0.25) is 0 Å². The van der Waals surface area contributed by atoms with Crippen LogP contribution in [0.1, 0.15) is 89.6 Å². The lowest BCUT2D eigenvalue weighted by molar-refractivity contribution is -0.137. The van der Waals surface area contributed by atoms with Crippen molar-refractivity contribution in [3.63, 3.8) is 0 Å². The Morgan fingerprint density at radius 1 is 0.257 bits per heavy atom. The molecule has 0 aliphatic rings. The molecule has 0 bridgehead atoms. The molecule has 0 N–H and O–H groups in total. The molecule has 21 nitrogen and oxygen atoms in total. The van der Waals surface area contributed by atoms with Gasteiger partial charge >= 0.3 is 80.8 Å². The van der Waals surface area contributed by atoms with Crippen LogP contribution in [0.4, 0.5) is 65.9 Å². The zero-order valence-corrected chi connectivity index (χ0v) is 78.1. The second-order valence-electron chi connectivity index (χ2n) is 30.6. The maximum Gasteiger partial charge on any atom is 0.536 e. The highest BCUT2D eigenvalue weighted by atomic mass is 32.2. The van der Waals surface area contributed by atoms with Crippen LogP contribution in [0.3, 0.4) is 0 Å². The van der Waals surface area contributed by atoms with Crippen molar-refractivity contribution in [1.29, 1.82) is 0 Å². The molecule has 0 aliphatic heterocycles. The maximum atomic E-state index is 13.7. The number of Topliss-reactive ketones (excluding diaryl/α,β-unsaturated/α-hetero) is 1. The second kappa shape index (κ2) is 43.2. The van der Waals surface area contributed by atoms with Gasteiger partial charge in [0.2, 0.25) is 5.78 Å². The van der Waals surface area contributed by atoms with Gasteiger partial charge in [0.15, 0.2) is 17.1 Å². The molecular formula is C99H76F15N5O16S5. The Morgan fingerprint density at radius 2 is 0.529 bits per heavy atom. The van der Waals surface area contributed by atoms with E-state index >= 15 is 0 Å². The molecule has 0 saturated heterocycles. The standard InChI is InChI=1S/C25H21NO3S.C20H13F6NO3S.C20H16F3NO3S.C20H17NO4S.C14H9F6NO3S/c1-18-12-15-21(16-13-18)30(27,28)29-26-25(20-8-4-3-5-9-20)24-17-14-19(2)22-10-6-7-11-23(22)24;1-12-6-11-17(16-5-3-2-4-15(12)16)18(20(24,25)26)27-30-31(28,29)14-9-7-13(8-10-14)19(21,22)23;1-13-7-10-15(11-8-13)28(25,26)27-24-19(20(21,22)23)18-12-9-14(2)16-5-3-4-6-17(16)18;1-14-10-12-17(13-11-14)26(23,24)25-21-15(2)20(22)19-9-5-7-16-6-3-4-8-18(16)19;1-8-6-7-11(10-5-3-2-4-9(8)10)12(13(15,16)17)21-24-25(22,23)14(18,19)20/h3-17H,1-2H3;2-11H,1H3;3-12H,1-2H3;3-13H,1-2H3;2-7H,1H3/b26-25+;27-18+;24-19+;21-15+;21-12+. The van der Waals surface area contributed by atoms with Crippen LogP contribution < -0.4 is 0 Å². The summed E-state index contributed by atoms with van der Waals surface area (Å²) in [7, 11) is -23.8. The van der Waals surface area contributed by atoms with Crippen LogP contribution in [0.5, 0.6) is 0 Å². The number of nitrogens with zero attached hydrogens (tertiary/aromatic N) is 5. The predicted octanol–water partition coefficient (Wildman–Crippen LogP) is 25.0. The van der Waals surface area contributed by atoms with Gasteiger partial charge in [-0.25, -0.2) is 0 Å². The molecule has 140 heavy (non-hydrogen) atoms. The molecule has 15 rings (SSSR count). The van der Waals surface area contributed by atoms with Crippen molar-refractivity contribution < 1.29 is 134 Å². The van der Waals surface area contributed by atoms with E-state index in [-0.39, 0.29) is 42.5 Å². The van der Waals surface area contributed by atoms with E-state index in [0.717, 1.165) is 72.6 Å². The first kappa shape index (κ1) is 106. The molecule has 728 valence electrons. The van der Waals surface area contributed by atoms with Crippen molar-refractivity contribution in [3.05, 3.63) is 393 Å². The third kappa shape index (κ3) is 26.2. The summed E-state index contributed by atoms with van der Waals surface area (Å²) in [6, 6.07) is 80.6. The summed E-state index contributed by atoms with van der Waals surface area (Å²) < 4.78 is 338. The van der Waals surface area contributed by atoms with Crippen LogP contribution in [0.15, 0.2) is 361 Å². The highest BCUT2D eigenvalue weighted by Crippen LogP contribution is 2.38. The molecule has 0 fully saturated rings. The number of aryl methyl sites for hydroxylation is 7. The monoisotopic (exact) mass is 2040 g/mol. The van der Waals surface area contributed by atoms with Gasteiger partial charge in [-0.15, -0.1) is 0 Å². The number of alkyl halides is 15. The highest BCUT2D eigenvalue weighted by Gasteiger charge is 2.50. The van der Waals surface area contributed by atoms with E-state index in [4.69, 9.17) is 8.57 Å². The lowest BCUT2D eigenvalue weighted by Gasteiger charge is -2.14. The molecule has 0 amide bonds. The Hall–Kier alpha value is -14.7. The number of oxime groups is 5. The molecular weight excluding hydrogens is 1960 g/mol. The summed E-state index contributed by atoms with van der Waals surface area (Å²) in [5.74, 6) is -0.388. The first-order valence-electron chi connectivity index (χ1n) is 40.8. The van der Waals surface area contributed by atoms with Gasteiger partial charge in [-0.1, -0.05) is 297 Å². The zero-order chi connectivity index (χ0) is 102. The Morgan fingerprint density at radius 3 is 0.857 bits per heavy atom. The first-order valence-corrected chi connectivity index (χ1v) is 47.9. The first-order chi connectivity index (χ1) is 65.6. The molecule has 0 atom stereocenters. The quantitative estimate of drug-likeness (QED) is 0.0212. The predicted molar refractivity (Wildman–Crippen MR) is 500 cm³/mol. The lowest BCUT2D eigenvalue weighted by Crippen LogP contribution is -2.28. The average molecular weight is 2040 g/mol. The number of hydrogen-bond donors (Lipinski definition) is 0. The number of benzene rings is 15. The van der Waals surface area contributed by atoms with E-state index in [1.54, 1.807) is 100 Å². The van der Waals surface area contributed by atoms with E-state index in [2.05, 4.69) is 38.6 Å². The average Bonchev–Trinajstić information content (AvgIpc) is 0.791. The van der Waals surface area contributed by atoms with Gasteiger partial charge in [-0.2, -0.15) is 108 Å². The minimum absolute atomic E-state index is 0.0164. The van der Waals surface area contributed by atoms with Gasteiger partial charge in [-0.05, 0) is 192 Å². The van der Waals surface area contributed by atoms with Crippen molar-refractivity contribution in [2.45, 2.75) is 105 Å². The second-order valence-corrected chi connectivity index (χ2v) is 38.2. The van der Waals surface area contributed by atoms with Gasteiger partial charge in [-0.3, -0.25) is 26.2 Å². The summed E-state index contributed by atoms with van der Waals surface area (Å²) in [4.78, 5) is 11.6. The van der Waals surface area contributed by atoms with Crippen LogP contribution >= 0.6 is 0 Å². The molecule has 0 aromatic heterocycles. The van der Waals surface area contributed by atoms with E-state index in [1.165, 1.54) is 116 Å². The molecule has 0 spiro atoms.